The van der Waals surface area contributed by atoms with Crippen molar-refractivity contribution in [3.05, 3.63) is 54.1 Å². The molecule has 0 amide bonds. The van der Waals surface area contributed by atoms with Gasteiger partial charge in [0, 0.05) is 5.56 Å². The van der Waals surface area contributed by atoms with E-state index in [1.807, 2.05) is 18.2 Å². The van der Waals surface area contributed by atoms with Gasteiger partial charge in [-0.1, -0.05) is 17.3 Å². The molecule has 7 nitrogen and oxygen atoms in total. The summed E-state index contributed by atoms with van der Waals surface area (Å²) in [5, 5.41) is 7.91. The molecule has 3 rings (SSSR count). The zero-order valence-electron chi connectivity index (χ0n) is 13.9. The highest BCUT2D eigenvalue weighted by atomic mass is 16.5. The third-order valence-corrected chi connectivity index (χ3v) is 3.75. The van der Waals surface area contributed by atoms with E-state index in [9.17, 15) is 9.59 Å². The van der Waals surface area contributed by atoms with Gasteiger partial charge in [0.15, 0.2) is 6.10 Å². The van der Waals surface area contributed by atoms with Crippen LogP contribution >= 0.6 is 0 Å². The molecule has 0 spiro atoms. The predicted molar refractivity (Wildman–Crippen MR) is 90.4 cm³/mol. The Morgan fingerprint density at radius 1 is 1.12 bits per heavy atom. The third kappa shape index (κ3) is 3.65. The second-order valence-electron chi connectivity index (χ2n) is 5.46. The van der Waals surface area contributed by atoms with E-state index in [1.54, 1.807) is 44.4 Å². The number of hydrogen-bond acceptors (Lipinski definition) is 6. The van der Waals surface area contributed by atoms with Gasteiger partial charge in [-0.15, -0.1) is 5.10 Å². The van der Waals surface area contributed by atoms with Crippen molar-refractivity contribution in [2.75, 3.05) is 7.11 Å². The number of para-hydroxylation sites is 1. The minimum absolute atomic E-state index is 0.110. The number of esters is 1. The summed E-state index contributed by atoms with van der Waals surface area (Å²) in [5.74, 6) is -0.177. The largest absolute Gasteiger partial charge is 0.497 e. The number of carbonyl (C=O) groups is 2. The number of ketones is 1. The molecule has 0 fully saturated rings. The van der Waals surface area contributed by atoms with Crippen LogP contribution in [0.5, 0.6) is 5.75 Å². The molecule has 0 aliphatic carbocycles. The molecule has 1 unspecified atom stereocenters. The first-order chi connectivity index (χ1) is 12.1. The summed E-state index contributed by atoms with van der Waals surface area (Å²) < 4.78 is 11.7. The Labute approximate surface area is 144 Å². The van der Waals surface area contributed by atoms with Gasteiger partial charge in [0.2, 0.25) is 5.78 Å². The molecule has 3 aromatic rings. The van der Waals surface area contributed by atoms with Gasteiger partial charge in [-0.2, -0.15) is 0 Å². The molecule has 0 radical (unpaired) electrons. The van der Waals surface area contributed by atoms with Crippen LogP contribution in [0.2, 0.25) is 0 Å². The quantitative estimate of drug-likeness (QED) is 0.506. The van der Waals surface area contributed by atoms with E-state index in [0.29, 0.717) is 16.8 Å². The number of ether oxygens (including phenoxy) is 2. The molecule has 0 N–H and O–H groups in total. The topological polar surface area (TPSA) is 83.3 Å². The van der Waals surface area contributed by atoms with Gasteiger partial charge < -0.3 is 9.47 Å². The van der Waals surface area contributed by atoms with Crippen LogP contribution in [-0.2, 0) is 16.1 Å². The van der Waals surface area contributed by atoms with Gasteiger partial charge in [-0.3, -0.25) is 9.59 Å². The molecule has 2 aromatic carbocycles. The Hall–Kier alpha value is -3.22. The summed E-state index contributed by atoms with van der Waals surface area (Å²) in [6.45, 7) is 1.44. The number of nitrogens with zero attached hydrogens (tertiary/aromatic N) is 3. The Kier molecular flexibility index (Phi) is 4.74. The summed E-state index contributed by atoms with van der Waals surface area (Å²) in [7, 11) is 1.55. The SMILES string of the molecule is COc1ccc(C(=O)C(C)OC(=O)Cn2nnc3ccccc32)cc1. The van der Waals surface area contributed by atoms with Crippen LogP contribution in [0.15, 0.2) is 48.5 Å². The van der Waals surface area contributed by atoms with Crippen LogP contribution in [0.3, 0.4) is 0 Å². The highest BCUT2D eigenvalue weighted by Gasteiger charge is 2.20. The minimum Gasteiger partial charge on any atom is -0.497 e. The second-order valence-corrected chi connectivity index (χ2v) is 5.46. The highest BCUT2D eigenvalue weighted by molar-refractivity contribution is 6.00. The van der Waals surface area contributed by atoms with Crippen molar-refractivity contribution in [3.8, 4) is 5.75 Å². The average Bonchev–Trinajstić information content (AvgIpc) is 3.04. The van der Waals surface area contributed by atoms with Crippen molar-refractivity contribution < 1.29 is 19.1 Å². The molecule has 128 valence electrons. The van der Waals surface area contributed by atoms with Crippen LogP contribution in [-0.4, -0.2) is 40.0 Å². The molecular weight excluding hydrogens is 322 g/mol. The van der Waals surface area contributed by atoms with E-state index >= 15 is 0 Å². The fraction of sp³-hybridized carbons (Fsp3) is 0.222. The summed E-state index contributed by atoms with van der Waals surface area (Å²) in [6, 6.07) is 13.9. The Balaban J connectivity index is 1.64. The van der Waals surface area contributed by atoms with Gasteiger partial charge in [-0.25, -0.2) is 4.68 Å². The lowest BCUT2D eigenvalue weighted by Crippen LogP contribution is -2.26. The Bertz CT molecular complexity index is 902. The molecule has 0 saturated heterocycles. The highest BCUT2D eigenvalue weighted by Crippen LogP contribution is 2.14. The number of Topliss-reactive ketones (excluding diaryl/α,β-unsaturated/α-hetero) is 1. The molecule has 0 saturated carbocycles. The molecule has 1 aromatic heterocycles. The molecule has 0 bridgehead atoms. The summed E-state index contributed by atoms with van der Waals surface area (Å²) in [5.41, 5.74) is 1.87. The molecule has 1 heterocycles. The normalized spacial score (nSPS) is 11.9. The van der Waals surface area contributed by atoms with Crippen molar-refractivity contribution >= 4 is 22.8 Å². The number of carbonyl (C=O) groups excluding carboxylic acids is 2. The maximum Gasteiger partial charge on any atom is 0.328 e. The summed E-state index contributed by atoms with van der Waals surface area (Å²) >= 11 is 0. The smallest absolute Gasteiger partial charge is 0.328 e. The second kappa shape index (κ2) is 7.12. The van der Waals surface area contributed by atoms with Gasteiger partial charge in [0.25, 0.3) is 0 Å². The van der Waals surface area contributed by atoms with E-state index in [0.717, 1.165) is 5.52 Å². The Morgan fingerprint density at radius 3 is 2.56 bits per heavy atom. The van der Waals surface area contributed by atoms with Crippen LogP contribution in [0, 0.1) is 0 Å². The van der Waals surface area contributed by atoms with Crippen LogP contribution in [0.4, 0.5) is 0 Å². The molecule has 0 aliphatic rings. The maximum atomic E-state index is 12.3. The van der Waals surface area contributed by atoms with Gasteiger partial charge >= 0.3 is 5.97 Å². The van der Waals surface area contributed by atoms with Crippen molar-refractivity contribution in [3.63, 3.8) is 0 Å². The number of aromatic nitrogens is 3. The average molecular weight is 339 g/mol. The third-order valence-electron chi connectivity index (χ3n) is 3.75. The fourth-order valence-electron chi connectivity index (χ4n) is 2.43. The monoisotopic (exact) mass is 339 g/mol. The first-order valence-electron chi connectivity index (χ1n) is 7.74. The van der Waals surface area contributed by atoms with Gasteiger partial charge in [-0.05, 0) is 43.3 Å². The van der Waals surface area contributed by atoms with E-state index in [4.69, 9.17) is 9.47 Å². The predicted octanol–water partition coefficient (Wildman–Crippen LogP) is 2.25. The molecule has 1 atom stereocenters. The minimum atomic E-state index is -0.893. The zero-order chi connectivity index (χ0) is 17.8. The Morgan fingerprint density at radius 2 is 1.84 bits per heavy atom. The van der Waals surface area contributed by atoms with E-state index in [2.05, 4.69) is 10.3 Å². The zero-order valence-corrected chi connectivity index (χ0v) is 13.9. The lowest BCUT2D eigenvalue weighted by Gasteiger charge is -2.12. The first kappa shape index (κ1) is 16.6. The fourth-order valence-corrected chi connectivity index (χ4v) is 2.43. The first-order valence-corrected chi connectivity index (χ1v) is 7.74. The van der Waals surface area contributed by atoms with E-state index in [-0.39, 0.29) is 12.3 Å². The van der Waals surface area contributed by atoms with E-state index in [1.165, 1.54) is 4.68 Å². The number of methoxy groups -OCH3 is 1. The van der Waals surface area contributed by atoms with Crippen molar-refractivity contribution in [1.82, 2.24) is 15.0 Å². The molecule has 0 aliphatic heterocycles. The summed E-state index contributed by atoms with van der Waals surface area (Å²) in [4.78, 5) is 24.5. The standard InChI is InChI=1S/C18H17N3O4/c1-12(18(23)13-7-9-14(24-2)10-8-13)25-17(22)11-21-16-6-4-3-5-15(16)19-20-21/h3-10,12H,11H2,1-2H3. The maximum absolute atomic E-state index is 12.3. The molecule has 25 heavy (non-hydrogen) atoms. The number of benzene rings is 2. The van der Waals surface area contributed by atoms with Gasteiger partial charge in [0.05, 0.1) is 12.6 Å². The van der Waals surface area contributed by atoms with E-state index < -0.39 is 12.1 Å². The lowest BCUT2D eigenvalue weighted by molar-refractivity contribution is -0.147. The molecule has 7 heteroatoms. The summed E-state index contributed by atoms with van der Waals surface area (Å²) in [6.07, 6.45) is -0.893. The number of rotatable bonds is 6. The van der Waals surface area contributed by atoms with Crippen LogP contribution in [0.25, 0.3) is 11.0 Å². The van der Waals surface area contributed by atoms with Gasteiger partial charge in [0.1, 0.15) is 17.8 Å². The lowest BCUT2D eigenvalue weighted by atomic mass is 10.1. The van der Waals surface area contributed by atoms with Crippen molar-refractivity contribution in [2.24, 2.45) is 0 Å². The van der Waals surface area contributed by atoms with Crippen molar-refractivity contribution in [1.29, 1.82) is 0 Å². The number of hydrogen-bond donors (Lipinski definition) is 0. The molecular formula is C18H17N3O4. The van der Waals surface area contributed by atoms with Crippen LogP contribution in [0.1, 0.15) is 17.3 Å². The van der Waals surface area contributed by atoms with Crippen molar-refractivity contribution in [2.45, 2.75) is 19.6 Å². The van der Waals surface area contributed by atoms with Crippen LogP contribution < -0.4 is 4.74 Å². The number of fused-ring (bicyclic) bond motifs is 1.